The van der Waals surface area contributed by atoms with Crippen LogP contribution in [0.4, 0.5) is 4.39 Å². The number of rotatable bonds is 4. The maximum absolute atomic E-state index is 13.8. The van der Waals surface area contributed by atoms with Crippen LogP contribution in [0.2, 0.25) is 0 Å². The Bertz CT molecular complexity index is 671. The molecular weight excluding hydrogens is 299 g/mol. The molecule has 0 aliphatic heterocycles. The number of nitrogens with two attached hydrogens (primary N) is 1. The summed E-state index contributed by atoms with van der Waals surface area (Å²) in [5, 5.41) is 6.37. The summed E-state index contributed by atoms with van der Waals surface area (Å²) in [5.74, 6) is -0.787. The van der Waals surface area contributed by atoms with Crippen molar-refractivity contribution < 1.29 is 9.18 Å². The van der Waals surface area contributed by atoms with E-state index in [4.69, 9.17) is 18.0 Å². The van der Waals surface area contributed by atoms with Gasteiger partial charge in [0.2, 0.25) is 0 Å². The summed E-state index contributed by atoms with van der Waals surface area (Å²) >= 11 is 5.77. The van der Waals surface area contributed by atoms with Crippen molar-refractivity contribution in [3.63, 3.8) is 0 Å². The van der Waals surface area contributed by atoms with Gasteiger partial charge in [0.15, 0.2) is 0 Å². The predicted octanol–water partition coefficient (Wildman–Crippen LogP) is 1.55. The van der Waals surface area contributed by atoms with E-state index in [0.717, 1.165) is 11.5 Å². The quantitative estimate of drug-likeness (QED) is 0.838. The predicted molar refractivity (Wildman–Crippen MR) is 78.1 cm³/mol. The van der Waals surface area contributed by atoms with Crippen LogP contribution in [0, 0.1) is 12.7 Å². The molecule has 0 unspecified atom stereocenters. The first-order chi connectivity index (χ1) is 9.49. The Morgan fingerprint density at radius 2 is 2.30 bits per heavy atom. The van der Waals surface area contributed by atoms with Gasteiger partial charge in [0.1, 0.15) is 15.7 Å². The molecule has 0 bridgehead atoms. The van der Waals surface area contributed by atoms with Crippen molar-refractivity contribution in [1.29, 1.82) is 0 Å². The minimum absolute atomic E-state index is 0.0691. The first-order valence-corrected chi connectivity index (χ1v) is 6.82. The highest BCUT2D eigenvalue weighted by atomic mass is 32.1. The van der Waals surface area contributed by atoms with Gasteiger partial charge in [-0.2, -0.15) is 0 Å². The van der Waals surface area contributed by atoms with E-state index in [1.165, 1.54) is 6.07 Å². The molecule has 1 heterocycles. The van der Waals surface area contributed by atoms with Crippen LogP contribution >= 0.6 is 23.8 Å². The first-order valence-electron chi connectivity index (χ1n) is 5.64. The third-order valence-electron chi connectivity index (χ3n) is 2.63. The highest BCUT2D eigenvalue weighted by Gasteiger charge is 2.13. The number of hydrogen-bond donors (Lipinski definition) is 2. The van der Waals surface area contributed by atoms with Crippen LogP contribution in [0.15, 0.2) is 18.2 Å². The van der Waals surface area contributed by atoms with Gasteiger partial charge in [0.05, 0.1) is 5.69 Å². The summed E-state index contributed by atoms with van der Waals surface area (Å²) in [5.41, 5.74) is 6.78. The van der Waals surface area contributed by atoms with Gasteiger partial charge in [-0.15, -0.1) is 5.10 Å². The molecule has 0 saturated carbocycles. The zero-order valence-corrected chi connectivity index (χ0v) is 12.1. The van der Waals surface area contributed by atoms with E-state index in [-0.39, 0.29) is 17.4 Å². The van der Waals surface area contributed by atoms with Gasteiger partial charge in [0.25, 0.3) is 5.91 Å². The van der Waals surface area contributed by atoms with Crippen LogP contribution in [0.1, 0.15) is 26.5 Å². The van der Waals surface area contributed by atoms with Gasteiger partial charge in [-0.05, 0) is 24.5 Å². The molecule has 0 spiro atoms. The third kappa shape index (κ3) is 3.14. The molecule has 8 heteroatoms. The number of carbonyl (C=O) groups is 1. The summed E-state index contributed by atoms with van der Waals surface area (Å²) < 4.78 is 17.5. The van der Waals surface area contributed by atoms with E-state index in [9.17, 15) is 9.18 Å². The van der Waals surface area contributed by atoms with E-state index in [1.807, 2.05) is 0 Å². The molecule has 1 amide bonds. The van der Waals surface area contributed by atoms with E-state index in [0.29, 0.717) is 21.7 Å². The number of carbonyl (C=O) groups excluding carboxylic acids is 1. The van der Waals surface area contributed by atoms with Gasteiger partial charge in [-0.25, -0.2) is 4.39 Å². The van der Waals surface area contributed by atoms with Crippen LogP contribution < -0.4 is 11.1 Å². The van der Waals surface area contributed by atoms with E-state index in [1.54, 1.807) is 19.1 Å². The third-order valence-corrected chi connectivity index (χ3v) is 3.70. The lowest BCUT2D eigenvalue weighted by Crippen LogP contribution is -2.23. The number of benzene rings is 1. The van der Waals surface area contributed by atoms with Gasteiger partial charge in [0, 0.05) is 17.7 Å². The Hall–Kier alpha value is -1.93. The number of aryl methyl sites for hydroxylation is 1. The maximum Gasteiger partial charge on any atom is 0.265 e. The van der Waals surface area contributed by atoms with Gasteiger partial charge < -0.3 is 11.1 Å². The van der Waals surface area contributed by atoms with E-state index in [2.05, 4.69) is 14.9 Å². The second-order valence-corrected chi connectivity index (χ2v) is 5.23. The Morgan fingerprint density at radius 3 is 2.85 bits per heavy atom. The highest BCUT2D eigenvalue weighted by Crippen LogP contribution is 2.12. The summed E-state index contributed by atoms with van der Waals surface area (Å²) in [6.07, 6.45) is 0. The van der Waals surface area contributed by atoms with Crippen LogP contribution in [-0.2, 0) is 6.54 Å². The Morgan fingerprint density at radius 1 is 1.55 bits per heavy atom. The van der Waals surface area contributed by atoms with Crippen LogP contribution in [0.25, 0.3) is 0 Å². The smallest absolute Gasteiger partial charge is 0.265 e. The fraction of sp³-hybridized carbons (Fsp3) is 0.167. The second-order valence-electron chi connectivity index (χ2n) is 4.04. The summed E-state index contributed by atoms with van der Waals surface area (Å²) in [6.45, 7) is 1.76. The zero-order valence-electron chi connectivity index (χ0n) is 10.5. The van der Waals surface area contributed by atoms with Gasteiger partial charge in [-0.1, -0.05) is 28.8 Å². The fourth-order valence-corrected chi connectivity index (χ4v) is 2.24. The maximum atomic E-state index is 13.8. The topological polar surface area (TPSA) is 80.9 Å². The summed E-state index contributed by atoms with van der Waals surface area (Å²) in [7, 11) is 0. The molecule has 3 N–H and O–H groups in total. The highest BCUT2D eigenvalue weighted by molar-refractivity contribution is 7.80. The molecule has 0 radical (unpaired) electrons. The molecule has 0 fully saturated rings. The van der Waals surface area contributed by atoms with Gasteiger partial charge in [-0.3, -0.25) is 4.79 Å². The standard InChI is InChI=1S/C12H11FN4OS2/c1-6-10(20-17-16-6)12(18)15-5-8-3-2-7(11(14)19)4-9(8)13/h2-4H,5H2,1H3,(H2,14,19)(H,15,18). The summed E-state index contributed by atoms with van der Waals surface area (Å²) in [6, 6.07) is 4.41. The molecule has 5 nitrogen and oxygen atoms in total. The van der Waals surface area contributed by atoms with Crippen LogP contribution in [-0.4, -0.2) is 20.5 Å². The molecule has 0 atom stereocenters. The van der Waals surface area contributed by atoms with Crippen molar-refractivity contribution in [2.75, 3.05) is 0 Å². The number of thiocarbonyl (C=S) groups is 1. The van der Waals surface area contributed by atoms with Crippen molar-refractivity contribution in [3.8, 4) is 0 Å². The molecule has 1 aromatic carbocycles. The molecule has 2 rings (SSSR count). The van der Waals surface area contributed by atoms with E-state index < -0.39 is 5.82 Å². The number of nitrogens with zero attached hydrogens (tertiary/aromatic N) is 2. The monoisotopic (exact) mass is 310 g/mol. The number of aromatic nitrogens is 2. The minimum Gasteiger partial charge on any atom is -0.389 e. The molecule has 0 saturated heterocycles. The number of nitrogens with one attached hydrogen (secondary N) is 1. The fourth-order valence-electron chi connectivity index (χ4n) is 1.54. The lowest BCUT2D eigenvalue weighted by atomic mass is 10.1. The molecule has 2 aromatic rings. The average Bonchev–Trinajstić information content (AvgIpc) is 2.83. The number of amides is 1. The molecule has 20 heavy (non-hydrogen) atoms. The second kappa shape index (κ2) is 6.02. The van der Waals surface area contributed by atoms with Crippen molar-refractivity contribution in [2.45, 2.75) is 13.5 Å². The number of hydrogen-bond acceptors (Lipinski definition) is 5. The number of halogens is 1. The van der Waals surface area contributed by atoms with Crippen molar-refractivity contribution in [2.24, 2.45) is 5.73 Å². The molecule has 1 aromatic heterocycles. The summed E-state index contributed by atoms with van der Waals surface area (Å²) in [4.78, 5) is 12.4. The lowest BCUT2D eigenvalue weighted by molar-refractivity contribution is 0.0954. The van der Waals surface area contributed by atoms with Crippen LogP contribution in [0.5, 0.6) is 0 Å². The molecule has 0 aliphatic rings. The normalized spacial score (nSPS) is 10.3. The SMILES string of the molecule is Cc1nnsc1C(=O)NCc1ccc(C(N)=S)cc1F. The molecule has 104 valence electrons. The van der Waals surface area contributed by atoms with Gasteiger partial charge >= 0.3 is 0 Å². The Balaban J connectivity index is 2.06. The van der Waals surface area contributed by atoms with Crippen LogP contribution in [0.3, 0.4) is 0 Å². The minimum atomic E-state index is -0.463. The molecule has 0 aliphatic carbocycles. The Labute approximate surface area is 124 Å². The molecular formula is C12H11FN4OS2. The Kier molecular flexibility index (Phi) is 4.35. The first kappa shape index (κ1) is 14.5. The zero-order chi connectivity index (χ0) is 14.7. The van der Waals surface area contributed by atoms with Crippen molar-refractivity contribution >= 4 is 34.6 Å². The largest absolute Gasteiger partial charge is 0.389 e. The van der Waals surface area contributed by atoms with Crippen molar-refractivity contribution in [1.82, 2.24) is 14.9 Å². The van der Waals surface area contributed by atoms with E-state index >= 15 is 0 Å². The average molecular weight is 310 g/mol. The lowest BCUT2D eigenvalue weighted by Gasteiger charge is -2.07. The van der Waals surface area contributed by atoms with Crippen molar-refractivity contribution in [3.05, 3.63) is 45.7 Å².